The lowest BCUT2D eigenvalue weighted by Gasteiger charge is -2.10. The smallest absolute Gasteiger partial charge is 0.344 e. The molecule has 1 saturated heterocycles. The molecule has 102 valence electrons. The lowest BCUT2D eigenvalue weighted by atomic mass is 10.0. The largest absolute Gasteiger partial charge is 0.431 e. The Morgan fingerprint density at radius 2 is 1.95 bits per heavy atom. The first-order chi connectivity index (χ1) is 8.99. The predicted octanol–water partition coefficient (Wildman–Crippen LogP) is 3.93. The summed E-state index contributed by atoms with van der Waals surface area (Å²) >= 11 is 0. The lowest BCUT2D eigenvalue weighted by Crippen LogP contribution is -2.33. The third-order valence-corrected chi connectivity index (χ3v) is 3.13. The predicted molar refractivity (Wildman–Crippen MR) is 66.5 cm³/mol. The van der Waals surface area contributed by atoms with Gasteiger partial charge in [-0.2, -0.15) is 13.2 Å². The van der Waals surface area contributed by atoms with Crippen LogP contribution in [0.1, 0.15) is 31.7 Å². The molecule has 19 heavy (non-hydrogen) atoms. The molecule has 1 aromatic carbocycles. The second-order valence-electron chi connectivity index (χ2n) is 4.60. The maximum Gasteiger partial charge on any atom is 0.431 e. The van der Waals surface area contributed by atoms with Crippen molar-refractivity contribution in [3.63, 3.8) is 0 Å². The van der Waals surface area contributed by atoms with E-state index in [-0.39, 0.29) is 0 Å². The van der Waals surface area contributed by atoms with Crippen LogP contribution in [0.15, 0.2) is 30.3 Å². The summed E-state index contributed by atoms with van der Waals surface area (Å²) in [6.07, 6.45) is -3.29. The summed E-state index contributed by atoms with van der Waals surface area (Å²) in [5.74, 6) is 4.85. The highest BCUT2D eigenvalue weighted by Gasteiger charge is 2.72. The standard InChI is InChI=1S/C15H15F3O/c1-2-3-9-13-14(19-13,15(16,17)18)11-10-12-7-5-4-6-8-12/h4-8,13H,2-3,9H2,1H3/t13?,14-/m0/s1. The van der Waals surface area contributed by atoms with E-state index < -0.39 is 17.9 Å². The van der Waals surface area contributed by atoms with Crippen molar-refractivity contribution in [1.82, 2.24) is 0 Å². The van der Waals surface area contributed by atoms with Gasteiger partial charge in [0.1, 0.15) is 6.10 Å². The molecule has 1 aliphatic rings. The maximum absolute atomic E-state index is 13.0. The number of epoxide rings is 1. The molecule has 0 spiro atoms. The van der Waals surface area contributed by atoms with Crippen LogP contribution in [-0.2, 0) is 4.74 Å². The molecule has 0 saturated carbocycles. The Balaban J connectivity index is 2.17. The molecule has 2 rings (SSSR count). The van der Waals surface area contributed by atoms with Crippen LogP contribution >= 0.6 is 0 Å². The third kappa shape index (κ3) is 2.93. The monoisotopic (exact) mass is 268 g/mol. The number of rotatable bonds is 3. The van der Waals surface area contributed by atoms with Gasteiger partial charge in [0, 0.05) is 5.56 Å². The zero-order chi connectivity index (χ0) is 13.9. The summed E-state index contributed by atoms with van der Waals surface area (Å²) in [6, 6.07) is 8.64. The van der Waals surface area contributed by atoms with Crippen molar-refractivity contribution in [3.05, 3.63) is 35.9 Å². The summed E-state index contributed by atoms with van der Waals surface area (Å²) in [5.41, 5.74) is -1.69. The van der Waals surface area contributed by atoms with E-state index in [1.165, 1.54) is 0 Å². The number of unbranched alkanes of at least 4 members (excludes halogenated alkanes) is 1. The van der Waals surface area contributed by atoms with Crippen LogP contribution in [-0.4, -0.2) is 17.9 Å². The van der Waals surface area contributed by atoms with Crippen LogP contribution in [0, 0.1) is 11.8 Å². The Labute approximate surface area is 110 Å². The van der Waals surface area contributed by atoms with E-state index in [2.05, 4.69) is 11.8 Å². The van der Waals surface area contributed by atoms with E-state index in [4.69, 9.17) is 4.74 Å². The van der Waals surface area contributed by atoms with Crippen LogP contribution in [0.25, 0.3) is 0 Å². The molecule has 0 amide bonds. The van der Waals surface area contributed by atoms with E-state index in [1.807, 2.05) is 6.92 Å². The Morgan fingerprint density at radius 1 is 1.26 bits per heavy atom. The van der Waals surface area contributed by atoms with Crippen molar-refractivity contribution in [2.75, 3.05) is 0 Å². The van der Waals surface area contributed by atoms with Gasteiger partial charge in [0.15, 0.2) is 0 Å². The van der Waals surface area contributed by atoms with Gasteiger partial charge in [-0.3, -0.25) is 0 Å². The van der Waals surface area contributed by atoms with Crippen molar-refractivity contribution >= 4 is 0 Å². The van der Waals surface area contributed by atoms with Gasteiger partial charge in [0.05, 0.1) is 0 Å². The van der Waals surface area contributed by atoms with E-state index in [1.54, 1.807) is 30.3 Å². The van der Waals surface area contributed by atoms with Crippen molar-refractivity contribution in [2.45, 2.75) is 44.1 Å². The number of hydrogen-bond donors (Lipinski definition) is 0. The number of benzene rings is 1. The first-order valence-electron chi connectivity index (χ1n) is 6.32. The first-order valence-corrected chi connectivity index (χ1v) is 6.32. The Hall–Kier alpha value is -1.47. The fraction of sp³-hybridized carbons (Fsp3) is 0.467. The van der Waals surface area contributed by atoms with Gasteiger partial charge in [-0.05, 0) is 18.6 Å². The summed E-state index contributed by atoms with van der Waals surface area (Å²) in [6.45, 7) is 1.94. The zero-order valence-corrected chi connectivity index (χ0v) is 10.6. The SMILES string of the molecule is CCCCC1O[C@]1(C#Cc1ccccc1)C(F)(F)F. The minimum atomic E-state index is -4.44. The lowest BCUT2D eigenvalue weighted by molar-refractivity contribution is -0.167. The van der Waals surface area contributed by atoms with Gasteiger partial charge < -0.3 is 4.74 Å². The van der Waals surface area contributed by atoms with Gasteiger partial charge in [0.2, 0.25) is 0 Å². The van der Waals surface area contributed by atoms with Gasteiger partial charge in [-0.1, -0.05) is 49.8 Å². The molecule has 1 fully saturated rings. The van der Waals surface area contributed by atoms with E-state index in [0.29, 0.717) is 12.0 Å². The van der Waals surface area contributed by atoms with Crippen molar-refractivity contribution in [2.24, 2.45) is 0 Å². The van der Waals surface area contributed by atoms with Gasteiger partial charge in [0.25, 0.3) is 5.60 Å². The van der Waals surface area contributed by atoms with Crippen LogP contribution < -0.4 is 0 Å². The minimum absolute atomic E-state index is 0.402. The fourth-order valence-electron chi connectivity index (χ4n) is 1.96. The minimum Gasteiger partial charge on any atom is -0.344 e. The molecule has 0 N–H and O–H groups in total. The molecular formula is C15H15F3O. The molecular weight excluding hydrogens is 253 g/mol. The first kappa shape index (κ1) is 14.0. The van der Waals surface area contributed by atoms with E-state index in [9.17, 15) is 13.2 Å². The summed E-state index contributed by atoms with van der Waals surface area (Å²) < 4.78 is 44.0. The average molecular weight is 268 g/mol. The van der Waals surface area contributed by atoms with Gasteiger partial charge >= 0.3 is 6.18 Å². The van der Waals surface area contributed by atoms with Crippen LogP contribution in [0.3, 0.4) is 0 Å². The van der Waals surface area contributed by atoms with Gasteiger partial charge in [-0.15, -0.1) is 0 Å². The van der Waals surface area contributed by atoms with Crippen LogP contribution in [0.4, 0.5) is 13.2 Å². The molecule has 1 aliphatic heterocycles. The summed E-state index contributed by atoms with van der Waals surface area (Å²) in [4.78, 5) is 0. The molecule has 0 aliphatic carbocycles. The summed E-state index contributed by atoms with van der Waals surface area (Å²) in [5, 5.41) is 0. The molecule has 1 heterocycles. The second-order valence-corrected chi connectivity index (χ2v) is 4.60. The molecule has 0 radical (unpaired) electrons. The highest BCUT2D eigenvalue weighted by Crippen LogP contribution is 2.51. The van der Waals surface area contributed by atoms with Crippen molar-refractivity contribution < 1.29 is 17.9 Å². The number of hydrogen-bond acceptors (Lipinski definition) is 1. The fourth-order valence-corrected chi connectivity index (χ4v) is 1.96. The Kier molecular flexibility index (Phi) is 3.86. The molecule has 1 aromatic rings. The molecule has 1 unspecified atom stereocenters. The molecule has 2 atom stereocenters. The summed E-state index contributed by atoms with van der Waals surface area (Å²) in [7, 11) is 0. The zero-order valence-electron chi connectivity index (χ0n) is 10.6. The van der Waals surface area contributed by atoms with Crippen LogP contribution in [0.2, 0.25) is 0 Å². The molecule has 4 heteroatoms. The topological polar surface area (TPSA) is 12.5 Å². The number of ether oxygens (including phenoxy) is 1. The normalized spacial score (nSPS) is 25.6. The highest BCUT2D eigenvalue weighted by molar-refractivity contribution is 5.40. The van der Waals surface area contributed by atoms with E-state index in [0.717, 1.165) is 12.8 Å². The number of halogens is 3. The van der Waals surface area contributed by atoms with E-state index >= 15 is 0 Å². The molecule has 0 aromatic heterocycles. The quantitative estimate of drug-likeness (QED) is 0.597. The van der Waals surface area contributed by atoms with Crippen molar-refractivity contribution in [3.8, 4) is 11.8 Å². The molecule has 0 bridgehead atoms. The number of alkyl halides is 3. The third-order valence-electron chi connectivity index (χ3n) is 3.13. The maximum atomic E-state index is 13.0. The second kappa shape index (κ2) is 5.26. The Bertz CT molecular complexity index is 484. The average Bonchev–Trinajstić information content (AvgIpc) is 3.10. The van der Waals surface area contributed by atoms with Crippen molar-refractivity contribution in [1.29, 1.82) is 0 Å². The van der Waals surface area contributed by atoms with Gasteiger partial charge in [-0.25, -0.2) is 0 Å². The highest BCUT2D eigenvalue weighted by atomic mass is 19.4. The Morgan fingerprint density at radius 3 is 2.53 bits per heavy atom. The molecule has 1 nitrogen and oxygen atoms in total. The van der Waals surface area contributed by atoms with Crippen LogP contribution in [0.5, 0.6) is 0 Å².